The summed E-state index contributed by atoms with van der Waals surface area (Å²) in [4.78, 5) is 2.23. The number of hydrogen-bond donors (Lipinski definition) is 1. The number of sulfonamides is 2. The van der Waals surface area contributed by atoms with Gasteiger partial charge in [-0.1, -0.05) is 0 Å². The van der Waals surface area contributed by atoms with Crippen molar-refractivity contribution in [2.24, 2.45) is 5.14 Å². The second-order valence-corrected chi connectivity index (χ2v) is 11.0. The third-order valence-corrected chi connectivity index (χ3v) is 9.47. The van der Waals surface area contributed by atoms with Crippen molar-refractivity contribution in [2.75, 3.05) is 39.9 Å². The Kier molecular flexibility index (Phi) is 5.04. The maximum absolute atomic E-state index is 12.8. The Morgan fingerprint density at radius 1 is 1.42 bits per heavy atom. The number of methoxy groups -OCH3 is 1. The zero-order chi connectivity index (χ0) is 17.5. The molecule has 3 heterocycles. The van der Waals surface area contributed by atoms with Gasteiger partial charge in [-0.25, -0.2) is 22.0 Å². The maximum Gasteiger partial charge on any atom is 0.253 e. The molecule has 1 atom stereocenters. The fourth-order valence-electron chi connectivity index (χ4n) is 3.27. The number of primary sulfonamides is 1. The lowest BCUT2D eigenvalue weighted by molar-refractivity contribution is 0.115. The van der Waals surface area contributed by atoms with Gasteiger partial charge in [0.2, 0.25) is 10.0 Å². The van der Waals surface area contributed by atoms with Crippen molar-refractivity contribution in [1.29, 1.82) is 0 Å². The van der Waals surface area contributed by atoms with Crippen LogP contribution in [0.1, 0.15) is 12.0 Å². The molecule has 0 spiro atoms. The zero-order valence-corrected chi connectivity index (χ0v) is 15.8. The second kappa shape index (κ2) is 6.63. The molecule has 2 N–H and O–H groups in total. The second-order valence-electron chi connectivity index (χ2n) is 6.04. The van der Waals surface area contributed by atoms with Gasteiger partial charge in [0.05, 0.1) is 0 Å². The van der Waals surface area contributed by atoms with Crippen LogP contribution >= 0.6 is 11.3 Å². The maximum atomic E-state index is 12.8. The number of hydrogen-bond acceptors (Lipinski definition) is 7. The van der Waals surface area contributed by atoms with Gasteiger partial charge in [-0.15, -0.1) is 11.3 Å². The van der Waals surface area contributed by atoms with Gasteiger partial charge in [-0.3, -0.25) is 0 Å². The Balaban J connectivity index is 1.84. The molecule has 0 aliphatic carbocycles. The molecule has 1 unspecified atom stereocenters. The standard InChI is InChI=1S/C13H21N3O5S3/c1-21-6-2-3-15-4-5-16-11(9-15)7-10-8-12(23(14,17)18)22-13(10)24(16,19)20/h8,11H,2-7,9H2,1H3,(H2,14,17,18). The number of nitrogens with two attached hydrogens (primary N) is 1. The van der Waals surface area contributed by atoms with E-state index in [2.05, 4.69) is 4.90 Å². The fourth-order valence-corrected chi connectivity index (χ4v) is 7.63. The summed E-state index contributed by atoms with van der Waals surface area (Å²) in [5.41, 5.74) is 0.559. The predicted molar refractivity (Wildman–Crippen MR) is 90.0 cm³/mol. The Hall–Kier alpha value is -0.560. The van der Waals surface area contributed by atoms with E-state index in [1.807, 2.05) is 0 Å². The molecule has 0 aromatic carbocycles. The molecule has 136 valence electrons. The van der Waals surface area contributed by atoms with Gasteiger partial charge in [0.15, 0.2) is 0 Å². The molecule has 24 heavy (non-hydrogen) atoms. The Labute approximate surface area is 146 Å². The molecule has 1 fully saturated rings. The summed E-state index contributed by atoms with van der Waals surface area (Å²) in [7, 11) is -5.89. The van der Waals surface area contributed by atoms with E-state index in [1.165, 1.54) is 10.4 Å². The van der Waals surface area contributed by atoms with E-state index in [4.69, 9.17) is 9.88 Å². The molecule has 0 bridgehead atoms. The van der Waals surface area contributed by atoms with Gasteiger partial charge in [-0.05, 0) is 24.5 Å². The molecule has 11 heteroatoms. The van der Waals surface area contributed by atoms with Crippen molar-refractivity contribution < 1.29 is 21.6 Å². The number of fused-ring (bicyclic) bond motifs is 2. The summed E-state index contributed by atoms with van der Waals surface area (Å²) < 4.78 is 55.3. The number of thiophene rings is 1. The average molecular weight is 396 g/mol. The van der Waals surface area contributed by atoms with Crippen molar-refractivity contribution in [3.63, 3.8) is 0 Å². The minimum absolute atomic E-state index is 0.0899. The van der Waals surface area contributed by atoms with Crippen LogP contribution in [-0.4, -0.2) is 72.0 Å². The van der Waals surface area contributed by atoms with E-state index < -0.39 is 20.0 Å². The monoisotopic (exact) mass is 395 g/mol. The smallest absolute Gasteiger partial charge is 0.253 e. The third kappa shape index (κ3) is 3.39. The topological polar surface area (TPSA) is 110 Å². The highest BCUT2D eigenvalue weighted by atomic mass is 32.3. The van der Waals surface area contributed by atoms with Crippen molar-refractivity contribution in [2.45, 2.75) is 27.3 Å². The van der Waals surface area contributed by atoms with Crippen LogP contribution in [-0.2, 0) is 31.2 Å². The summed E-state index contributed by atoms with van der Waals surface area (Å²) in [6.07, 6.45) is 1.41. The SMILES string of the molecule is COCCCN1CCN2C(Cc3cc(S(N)(=O)=O)sc3S2(=O)=O)C1. The molecule has 0 amide bonds. The van der Waals surface area contributed by atoms with E-state index in [1.54, 1.807) is 7.11 Å². The van der Waals surface area contributed by atoms with Gasteiger partial charge in [0, 0.05) is 45.9 Å². The first-order chi connectivity index (χ1) is 11.2. The Bertz CT molecular complexity index is 818. The molecule has 1 aromatic heterocycles. The van der Waals surface area contributed by atoms with Crippen molar-refractivity contribution in [3.8, 4) is 0 Å². The minimum Gasteiger partial charge on any atom is -0.385 e. The highest BCUT2D eigenvalue weighted by Crippen LogP contribution is 2.38. The highest BCUT2D eigenvalue weighted by Gasteiger charge is 2.43. The Morgan fingerprint density at radius 3 is 2.83 bits per heavy atom. The largest absolute Gasteiger partial charge is 0.385 e. The average Bonchev–Trinajstić information content (AvgIpc) is 2.92. The predicted octanol–water partition coefficient (Wildman–Crippen LogP) is -0.337. The summed E-state index contributed by atoms with van der Waals surface area (Å²) in [6, 6.07) is 1.25. The molecular weight excluding hydrogens is 374 g/mol. The summed E-state index contributed by atoms with van der Waals surface area (Å²) in [5.74, 6) is 0. The molecule has 0 saturated carbocycles. The quantitative estimate of drug-likeness (QED) is 0.683. The lowest BCUT2D eigenvalue weighted by atomic mass is 10.1. The van der Waals surface area contributed by atoms with Crippen LogP contribution in [0.5, 0.6) is 0 Å². The first-order valence-electron chi connectivity index (χ1n) is 7.62. The fraction of sp³-hybridized carbons (Fsp3) is 0.692. The van der Waals surface area contributed by atoms with E-state index in [-0.39, 0.29) is 14.5 Å². The third-order valence-electron chi connectivity index (χ3n) is 4.36. The lowest BCUT2D eigenvalue weighted by Gasteiger charge is -2.42. The normalized spacial score (nSPS) is 24.5. The number of ether oxygens (including phenoxy) is 1. The molecular formula is C13H21N3O5S3. The van der Waals surface area contributed by atoms with E-state index in [0.717, 1.165) is 24.3 Å². The molecule has 3 rings (SSSR count). The van der Waals surface area contributed by atoms with Crippen LogP contribution < -0.4 is 5.14 Å². The van der Waals surface area contributed by atoms with Gasteiger partial charge < -0.3 is 9.64 Å². The summed E-state index contributed by atoms with van der Waals surface area (Å²) in [6.45, 7) is 3.26. The van der Waals surface area contributed by atoms with E-state index in [9.17, 15) is 16.8 Å². The highest BCUT2D eigenvalue weighted by molar-refractivity contribution is 7.94. The van der Waals surface area contributed by atoms with Crippen molar-refractivity contribution >= 4 is 31.4 Å². The molecule has 2 aliphatic heterocycles. The van der Waals surface area contributed by atoms with Crippen LogP contribution in [0.3, 0.4) is 0 Å². The van der Waals surface area contributed by atoms with Crippen LogP contribution in [0.25, 0.3) is 0 Å². The van der Waals surface area contributed by atoms with Gasteiger partial charge in [-0.2, -0.15) is 4.31 Å². The molecule has 8 nitrogen and oxygen atoms in total. The van der Waals surface area contributed by atoms with E-state index >= 15 is 0 Å². The van der Waals surface area contributed by atoms with Crippen molar-refractivity contribution in [1.82, 2.24) is 9.21 Å². The molecule has 1 saturated heterocycles. The summed E-state index contributed by atoms with van der Waals surface area (Å²) >= 11 is 0.750. The summed E-state index contributed by atoms with van der Waals surface area (Å²) in [5, 5.41) is 5.15. The van der Waals surface area contributed by atoms with Gasteiger partial charge >= 0.3 is 0 Å². The minimum atomic E-state index is -3.89. The first kappa shape index (κ1) is 18.2. The van der Waals surface area contributed by atoms with Crippen LogP contribution in [0.15, 0.2) is 14.5 Å². The number of nitrogens with zero attached hydrogens (tertiary/aromatic N) is 2. The zero-order valence-electron chi connectivity index (χ0n) is 13.3. The Morgan fingerprint density at radius 2 is 2.17 bits per heavy atom. The lowest BCUT2D eigenvalue weighted by Crippen LogP contribution is -2.57. The van der Waals surface area contributed by atoms with Crippen molar-refractivity contribution in [3.05, 3.63) is 11.6 Å². The number of piperazine rings is 1. The van der Waals surface area contributed by atoms with Gasteiger partial charge in [0.25, 0.3) is 10.0 Å². The molecule has 2 aliphatic rings. The molecule has 0 radical (unpaired) electrons. The van der Waals surface area contributed by atoms with E-state index in [0.29, 0.717) is 38.2 Å². The van der Waals surface area contributed by atoms with Gasteiger partial charge in [0.1, 0.15) is 8.42 Å². The van der Waals surface area contributed by atoms with Crippen LogP contribution in [0.4, 0.5) is 0 Å². The van der Waals surface area contributed by atoms with Crippen LogP contribution in [0, 0.1) is 0 Å². The first-order valence-corrected chi connectivity index (χ1v) is 11.4. The molecule has 1 aromatic rings. The number of rotatable bonds is 5. The van der Waals surface area contributed by atoms with Crippen LogP contribution in [0.2, 0.25) is 0 Å².